The van der Waals surface area contributed by atoms with Gasteiger partial charge in [0.15, 0.2) is 4.93 Å². The third-order valence-electron chi connectivity index (χ3n) is 2.82. The Kier molecular flexibility index (Phi) is 7.19. The fourth-order valence-corrected chi connectivity index (χ4v) is 2.49. The molecule has 0 fully saturated rings. The molecule has 0 aromatic carbocycles. The van der Waals surface area contributed by atoms with E-state index in [2.05, 4.69) is 0 Å². The van der Waals surface area contributed by atoms with Crippen molar-refractivity contribution in [1.29, 1.82) is 0 Å². The lowest BCUT2D eigenvalue weighted by atomic mass is 10.0. The molecule has 0 spiro atoms. The normalized spacial score (nSPS) is 13.0. The van der Waals surface area contributed by atoms with Crippen LogP contribution in [-0.4, -0.2) is 23.0 Å². The summed E-state index contributed by atoms with van der Waals surface area (Å²) < 4.78 is 31.4. The van der Waals surface area contributed by atoms with Crippen LogP contribution in [0.15, 0.2) is 0 Å². The molecule has 0 rings (SSSR count). The molecule has 0 aliphatic carbocycles. The smallest absolute Gasteiger partial charge is 0.294 e. The van der Waals surface area contributed by atoms with Gasteiger partial charge < -0.3 is 5.11 Å². The fraction of sp³-hybridized carbons (Fsp3) is 1.00. The van der Waals surface area contributed by atoms with Crippen LogP contribution in [0.5, 0.6) is 0 Å². The van der Waals surface area contributed by atoms with E-state index in [1.54, 1.807) is 0 Å². The Morgan fingerprint density at radius 1 is 0.938 bits per heavy atom. The first kappa shape index (κ1) is 15.9. The Hall–Kier alpha value is -0.130. The minimum absolute atomic E-state index is 0.128. The summed E-state index contributed by atoms with van der Waals surface area (Å²) >= 11 is 0. The zero-order valence-electron chi connectivity index (χ0n) is 10.3. The van der Waals surface area contributed by atoms with E-state index in [1.807, 2.05) is 13.8 Å². The first-order chi connectivity index (χ1) is 7.37. The summed E-state index contributed by atoms with van der Waals surface area (Å²) in [5.41, 5.74) is 0. The zero-order valence-corrected chi connectivity index (χ0v) is 11.1. The van der Waals surface area contributed by atoms with Crippen LogP contribution in [0.1, 0.15) is 65.2 Å². The molecular weight excluding hydrogens is 228 g/mol. The second-order valence-electron chi connectivity index (χ2n) is 4.34. The SMILES string of the molecule is CCCCCC(O)(CCCCC)S(=O)(=O)O. The fourth-order valence-electron chi connectivity index (χ4n) is 1.69. The van der Waals surface area contributed by atoms with Gasteiger partial charge in [-0.2, -0.15) is 8.42 Å². The zero-order chi connectivity index (χ0) is 12.7. The number of rotatable bonds is 9. The van der Waals surface area contributed by atoms with Gasteiger partial charge in [-0.05, 0) is 25.7 Å². The van der Waals surface area contributed by atoms with Gasteiger partial charge in [0.25, 0.3) is 10.1 Å². The Labute approximate surface area is 98.8 Å². The molecule has 0 radical (unpaired) electrons. The van der Waals surface area contributed by atoms with Crippen LogP contribution in [0, 0.1) is 0 Å². The Balaban J connectivity index is 4.38. The average Bonchev–Trinajstić information content (AvgIpc) is 2.17. The molecule has 98 valence electrons. The third kappa shape index (κ3) is 5.27. The second kappa shape index (κ2) is 7.25. The molecule has 0 saturated heterocycles. The van der Waals surface area contributed by atoms with Crippen molar-refractivity contribution >= 4 is 10.1 Å². The Bertz CT molecular complexity index is 262. The van der Waals surface area contributed by atoms with E-state index in [0.29, 0.717) is 12.8 Å². The van der Waals surface area contributed by atoms with Crippen LogP contribution < -0.4 is 0 Å². The van der Waals surface area contributed by atoms with Gasteiger partial charge in [0, 0.05) is 0 Å². The van der Waals surface area contributed by atoms with Crippen LogP contribution >= 0.6 is 0 Å². The van der Waals surface area contributed by atoms with E-state index in [9.17, 15) is 13.5 Å². The first-order valence-electron chi connectivity index (χ1n) is 6.06. The highest BCUT2D eigenvalue weighted by Gasteiger charge is 2.39. The van der Waals surface area contributed by atoms with Crippen LogP contribution in [0.2, 0.25) is 0 Å². The molecule has 0 heterocycles. The van der Waals surface area contributed by atoms with E-state index in [1.165, 1.54) is 0 Å². The standard InChI is InChI=1S/C11H24O4S/c1-3-5-7-9-11(12,16(13,14)15)10-8-6-4-2/h12H,3-10H2,1-2H3,(H,13,14,15). The van der Waals surface area contributed by atoms with Gasteiger partial charge in [-0.15, -0.1) is 0 Å². The molecule has 4 nitrogen and oxygen atoms in total. The second-order valence-corrected chi connectivity index (χ2v) is 6.05. The van der Waals surface area contributed by atoms with Crippen molar-refractivity contribution in [3.05, 3.63) is 0 Å². The molecular formula is C11H24O4S. The molecule has 0 aliphatic heterocycles. The van der Waals surface area contributed by atoms with Crippen molar-refractivity contribution in [1.82, 2.24) is 0 Å². The molecule has 2 N–H and O–H groups in total. The maximum Gasteiger partial charge on any atom is 0.294 e. The van der Waals surface area contributed by atoms with Crippen molar-refractivity contribution in [3.63, 3.8) is 0 Å². The van der Waals surface area contributed by atoms with Gasteiger partial charge in [-0.1, -0.05) is 39.5 Å². The molecule has 0 aromatic rings. The molecule has 0 bridgehead atoms. The molecule has 0 aliphatic rings. The quantitative estimate of drug-likeness (QED) is 0.489. The lowest BCUT2D eigenvalue weighted by Crippen LogP contribution is -2.38. The van der Waals surface area contributed by atoms with Crippen LogP contribution in [0.3, 0.4) is 0 Å². The average molecular weight is 252 g/mol. The number of unbranched alkanes of at least 4 members (excludes halogenated alkanes) is 4. The number of aliphatic hydroxyl groups is 1. The predicted molar refractivity (Wildman–Crippen MR) is 64.8 cm³/mol. The summed E-state index contributed by atoms with van der Waals surface area (Å²) in [4.78, 5) is -1.93. The highest BCUT2D eigenvalue weighted by molar-refractivity contribution is 7.87. The third-order valence-corrected chi connectivity index (χ3v) is 4.19. The largest absolute Gasteiger partial charge is 0.372 e. The van der Waals surface area contributed by atoms with Crippen molar-refractivity contribution in [3.8, 4) is 0 Å². The molecule has 0 amide bonds. The van der Waals surface area contributed by atoms with E-state index in [4.69, 9.17) is 4.55 Å². The molecule has 0 aromatic heterocycles. The number of hydrogen-bond donors (Lipinski definition) is 2. The van der Waals surface area contributed by atoms with Gasteiger partial charge in [-0.3, -0.25) is 4.55 Å². The van der Waals surface area contributed by atoms with Gasteiger partial charge >= 0.3 is 0 Å². The van der Waals surface area contributed by atoms with E-state index < -0.39 is 15.1 Å². The Morgan fingerprint density at radius 2 is 1.31 bits per heavy atom. The monoisotopic (exact) mass is 252 g/mol. The lowest BCUT2D eigenvalue weighted by molar-refractivity contribution is 0.0887. The molecule has 5 heteroatoms. The van der Waals surface area contributed by atoms with Gasteiger partial charge in [-0.25, -0.2) is 0 Å². The maximum absolute atomic E-state index is 11.1. The molecule has 0 unspecified atom stereocenters. The van der Waals surface area contributed by atoms with E-state index >= 15 is 0 Å². The topological polar surface area (TPSA) is 74.6 Å². The predicted octanol–water partition coefficient (Wildman–Crippen LogP) is 2.72. The van der Waals surface area contributed by atoms with Crippen LogP contribution in [0.4, 0.5) is 0 Å². The van der Waals surface area contributed by atoms with Crippen LogP contribution in [-0.2, 0) is 10.1 Å². The summed E-state index contributed by atoms with van der Waals surface area (Å²) in [7, 11) is -4.37. The summed E-state index contributed by atoms with van der Waals surface area (Å²) in [5, 5.41) is 9.96. The van der Waals surface area contributed by atoms with E-state index in [0.717, 1.165) is 25.7 Å². The maximum atomic E-state index is 11.1. The summed E-state index contributed by atoms with van der Waals surface area (Å²) in [6.07, 6.45) is 5.15. The molecule has 16 heavy (non-hydrogen) atoms. The van der Waals surface area contributed by atoms with Crippen molar-refractivity contribution < 1.29 is 18.1 Å². The van der Waals surface area contributed by atoms with Gasteiger partial charge in [0.1, 0.15) is 0 Å². The highest BCUT2D eigenvalue weighted by Crippen LogP contribution is 2.27. The minimum atomic E-state index is -4.37. The molecule has 0 saturated carbocycles. The van der Waals surface area contributed by atoms with Crippen LogP contribution in [0.25, 0.3) is 0 Å². The Morgan fingerprint density at radius 3 is 1.56 bits per heavy atom. The minimum Gasteiger partial charge on any atom is -0.372 e. The van der Waals surface area contributed by atoms with Gasteiger partial charge in [0.05, 0.1) is 0 Å². The first-order valence-corrected chi connectivity index (χ1v) is 7.51. The lowest BCUT2D eigenvalue weighted by Gasteiger charge is -2.24. The summed E-state index contributed by atoms with van der Waals surface area (Å²) in [6, 6.07) is 0. The van der Waals surface area contributed by atoms with Gasteiger partial charge in [0.2, 0.25) is 0 Å². The van der Waals surface area contributed by atoms with Crippen molar-refractivity contribution in [2.24, 2.45) is 0 Å². The number of hydrogen-bond acceptors (Lipinski definition) is 3. The van der Waals surface area contributed by atoms with Crippen molar-refractivity contribution in [2.75, 3.05) is 0 Å². The van der Waals surface area contributed by atoms with Crippen molar-refractivity contribution in [2.45, 2.75) is 70.1 Å². The highest BCUT2D eigenvalue weighted by atomic mass is 32.2. The van der Waals surface area contributed by atoms with E-state index in [-0.39, 0.29) is 12.8 Å². The summed E-state index contributed by atoms with van der Waals surface area (Å²) in [6.45, 7) is 4.01. The molecule has 0 atom stereocenters. The summed E-state index contributed by atoms with van der Waals surface area (Å²) in [5.74, 6) is 0.